The van der Waals surface area contributed by atoms with Crippen molar-refractivity contribution in [2.45, 2.75) is 6.54 Å². The third-order valence-electron chi connectivity index (χ3n) is 4.37. The van der Waals surface area contributed by atoms with Crippen molar-refractivity contribution in [3.63, 3.8) is 0 Å². The van der Waals surface area contributed by atoms with E-state index in [-0.39, 0.29) is 6.54 Å². The van der Waals surface area contributed by atoms with Gasteiger partial charge in [-0.2, -0.15) is 5.10 Å². The molecule has 1 N–H and O–H groups in total. The second-order valence-corrected chi connectivity index (χ2v) is 10.00. The maximum absolute atomic E-state index is 12.3. The number of sulfonamides is 1. The predicted molar refractivity (Wildman–Crippen MR) is 130 cm³/mol. The van der Waals surface area contributed by atoms with Crippen LogP contribution in [0.3, 0.4) is 0 Å². The molecule has 0 saturated carbocycles. The van der Waals surface area contributed by atoms with Gasteiger partial charge in [0.05, 0.1) is 29.7 Å². The molecule has 10 heteroatoms. The highest BCUT2D eigenvalue weighted by molar-refractivity contribution is 7.92. The van der Waals surface area contributed by atoms with Gasteiger partial charge in [0.2, 0.25) is 10.0 Å². The van der Waals surface area contributed by atoms with Gasteiger partial charge in [-0.3, -0.25) is 9.10 Å². The van der Waals surface area contributed by atoms with E-state index in [1.54, 1.807) is 66.7 Å². The topological polar surface area (TPSA) is 78.8 Å². The van der Waals surface area contributed by atoms with E-state index in [1.807, 2.05) is 0 Å². The molecule has 0 aromatic heterocycles. The van der Waals surface area contributed by atoms with Crippen LogP contribution in [0.15, 0.2) is 71.8 Å². The summed E-state index contributed by atoms with van der Waals surface area (Å²) in [5, 5.41) is 5.25. The lowest BCUT2D eigenvalue weighted by atomic mass is 10.1. The van der Waals surface area contributed by atoms with Crippen molar-refractivity contribution in [2.75, 3.05) is 10.6 Å². The first kappa shape index (κ1) is 24.1. The van der Waals surface area contributed by atoms with Gasteiger partial charge in [0.1, 0.15) is 0 Å². The molecular weight excluding hydrogens is 493 g/mol. The van der Waals surface area contributed by atoms with Gasteiger partial charge in [-0.25, -0.2) is 13.8 Å². The second-order valence-electron chi connectivity index (χ2n) is 6.81. The van der Waals surface area contributed by atoms with Crippen molar-refractivity contribution in [1.82, 2.24) is 5.43 Å². The molecule has 1 amide bonds. The zero-order chi connectivity index (χ0) is 23.3. The predicted octanol–water partition coefficient (Wildman–Crippen LogP) is 5.38. The van der Waals surface area contributed by atoms with Crippen LogP contribution in [-0.4, -0.2) is 26.8 Å². The quantitative estimate of drug-likeness (QED) is 0.342. The first-order valence-electron chi connectivity index (χ1n) is 9.24. The minimum atomic E-state index is -3.55. The van der Waals surface area contributed by atoms with E-state index in [0.29, 0.717) is 37.4 Å². The molecule has 0 bridgehead atoms. The summed E-state index contributed by atoms with van der Waals surface area (Å²) in [6.45, 7) is 0.0916. The molecule has 0 fully saturated rings. The number of carbonyl (C=O) groups is 1. The second kappa shape index (κ2) is 10.4. The van der Waals surface area contributed by atoms with E-state index >= 15 is 0 Å². The summed E-state index contributed by atoms with van der Waals surface area (Å²) < 4.78 is 25.8. The van der Waals surface area contributed by atoms with Crippen LogP contribution in [0, 0.1) is 0 Å². The number of amides is 1. The molecule has 3 rings (SSSR count). The molecule has 0 aliphatic carbocycles. The summed E-state index contributed by atoms with van der Waals surface area (Å²) in [6.07, 6.45) is 2.54. The van der Waals surface area contributed by atoms with Crippen LogP contribution in [0.25, 0.3) is 0 Å². The number of benzene rings is 3. The summed E-state index contributed by atoms with van der Waals surface area (Å²) in [6, 6.07) is 18.1. The van der Waals surface area contributed by atoms with Gasteiger partial charge < -0.3 is 0 Å². The number of nitrogens with one attached hydrogen (secondary N) is 1. The lowest BCUT2D eigenvalue weighted by Gasteiger charge is -2.22. The summed E-state index contributed by atoms with van der Waals surface area (Å²) in [4.78, 5) is 12.3. The van der Waals surface area contributed by atoms with Crippen LogP contribution >= 0.6 is 34.8 Å². The molecular formula is C22H18Cl3N3O3S. The van der Waals surface area contributed by atoms with Crippen molar-refractivity contribution in [3.05, 3.63) is 98.5 Å². The SMILES string of the molecule is CS(=O)(=O)N(Cc1ccc(C(=O)N/N=C/c2ccc(Cl)cc2Cl)cc1)c1cccc(Cl)c1. The largest absolute Gasteiger partial charge is 0.271 e. The van der Waals surface area contributed by atoms with Gasteiger partial charge in [-0.1, -0.05) is 59.1 Å². The van der Waals surface area contributed by atoms with Crippen molar-refractivity contribution in [1.29, 1.82) is 0 Å². The van der Waals surface area contributed by atoms with Crippen molar-refractivity contribution in [2.24, 2.45) is 5.10 Å². The highest BCUT2D eigenvalue weighted by Gasteiger charge is 2.18. The minimum absolute atomic E-state index is 0.0916. The molecule has 0 saturated heterocycles. The Hall–Kier alpha value is -2.58. The number of halogens is 3. The lowest BCUT2D eigenvalue weighted by Crippen LogP contribution is -2.29. The molecule has 3 aromatic carbocycles. The maximum Gasteiger partial charge on any atom is 0.271 e. The van der Waals surface area contributed by atoms with E-state index in [2.05, 4.69) is 10.5 Å². The van der Waals surface area contributed by atoms with Gasteiger partial charge in [0.25, 0.3) is 5.91 Å². The minimum Gasteiger partial charge on any atom is -0.267 e. The average Bonchev–Trinajstić information content (AvgIpc) is 2.73. The van der Waals surface area contributed by atoms with E-state index < -0.39 is 15.9 Å². The molecule has 0 heterocycles. The summed E-state index contributed by atoms with van der Waals surface area (Å²) >= 11 is 17.9. The Labute approximate surface area is 201 Å². The number of anilines is 1. The van der Waals surface area contributed by atoms with Crippen LogP contribution in [0.2, 0.25) is 15.1 Å². The van der Waals surface area contributed by atoms with Gasteiger partial charge >= 0.3 is 0 Å². The van der Waals surface area contributed by atoms with E-state index in [4.69, 9.17) is 34.8 Å². The Morgan fingerprint density at radius 2 is 1.69 bits per heavy atom. The van der Waals surface area contributed by atoms with Gasteiger partial charge in [0.15, 0.2) is 0 Å². The first-order chi connectivity index (χ1) is 15.1. The fourth-order valence-corrected chi connectivity index (χ4v) is 4.31. The number of carbonyl (C=O) groups excluding carboxylic acids is 1. The normalized spacial score (nSPS) is 11.5. The molecule has 0 spiro atoms. The van der Waals surface area contributed by atoms with Gasteiger partial charge in [-0.05, 0) is 48.0 Å². The number of hydrogen-bond donors (Lipinski definition) is 1. The Kier molecular flexibility index (Phi) is 7.79. The van der Waals surface area contributed by atoms with E-state index in [9.17, 15) is 13.2 Å². The Balaban J connectivity index is 1.69. The van der Waals surface area contributed by atoms with Gasteiger partial charge in [0, 0.05) is 21.2 Å². The van der Waals surface area contributed by atoms with E-state index in [1.165, 1.54) is 10.5 Å². The van der Waals surface area contributed by atoms with Gasteiger partial charge in [-0.15, -0.1) is 0 Å². The molecule has 32 heavy (non-hydrogen) atoms. The molecule has 0 unspecified atom stereocenters. The molecule has 6 nitrogen and oxygen atoms in total. The summed E-state index contributed by atoms with van der Waals surface area (Å²) in [5.74, 6) is -0.423. The number of rotatable bonds is 7. The highest BCUT2D eigenvalue weighted by atomic mass is 35.5. The van der Waals surface area contributed by atoms with E-state index in [0.717, 1.165) is 6.26 Å². The van der Waals surface area contributed by atoms with Crippen molar-refractivity contribution >= 4 is 62.6 Å². The third kappa shape index (κ3) is 6.46. The molecule has 166 valence electrons. The zero-order valence-corrected chi connectivity index (χ0v) is 19.9. The highest BCUT2D eigenvalue weighted by Crippen LogP contribution is 2.24. The average molecular weight is 511 g/mol. The van der Waals surface area contributed by atoms with Crippen molar-refractivity contribution < 1.29 is 13.2 Å². The first-order valence-corrected chi connectivity index (χ1v) is 12.2. The zero-order valence-electron chi connectivity index (χ0n) is 16.8. The smallest absolute Gasteiger partial charge is 0.267 e. The molecule has 0 aliphatic rings. The van der Waals surface area contributed by atoms with Crippen LogP contribution in [0.4, 0.5) is 5.69 Å². The van der Waals surface area contributed by atoms with Crippen LogP contribution in [0.5, 0.6) is 0 Å². The fraction of sp³-hybridized carbons (Fsp3) is 0.0909. The Morgan fingerprint density at radius 1 is 1.00 bits per heavy atom. The fourth-order valence-electron chi connectivity index (χ4n) is 2.79. The lowest BCUT2D eigenvalue weighted by molar-refractivity contribution is 0.0955. The van der Waals surface area contributed by atoms with Crippen LogP contribution < -0.4 is 9.73 Å². The van der Waals surface area contributed by atoms with Crippen LogP contribution in [-0.2, 0) is 16.6 Å². The van der Waals surface area contributed by atoms with Crippen molar-refractivity contribution in [3.8, 4) is 0 Å². The summed E-state index contributed by atoms with van der Waals surface area (Å²) in [5.41, 5.74) is 4.54. The molecule has 0 aliphatic heterocycles. The van der Waals surface area contributed by atoms with Crippen LogP contribution in [0.1, 0.15) is 21.5 Å². The molecule has 0 radical (unpaired) electrons. The Bertz CT molecular complexity index is 1260. The number of hydrogen-bond acceptors (Lipinski definition) is 4. The molecule has 0 atom stereocenters. The number of hydrazone groups is 1. The molecule has 3 aromatic rings. The monoisotopic (exact) mass is 509 g/mol. The maximum atomic E-state index is 12.3. The standard InChI is InChI=1S/C22H18Cl3N3O3S/c1-32(30,31)28(20-4-2-3-18(23)11-20)14-15-5-7-16(8-6-15)22(29)27-26-13-17-9-10-19(24)12-21(17)25/h2-13H,14H2,1H3,(H,27,29)/b26-13+. The third-order valence-corrected chi connectivity index (χ3v) is 6.31. The summed E-state index contributed by atoms with van der Waals surface area (Å²) in [7, 11) is -3.55. The Morgan fingerprint density at radius 3 is 2.31 bits per heavy atom. The number of nitrogens with zero attached hydrogens (tertiary/aromatic N) is 2.